The minimum Gasteiger partial charge on any atom is -0.378 e. The van der Waals surface area contributed by atoms with E-state index in [2.05, 4.69) is 33.6 Å². The molecule has 0 aliphatic rings. The molecular formula is C13H13N4S+. The zero-order valence-corrected chi connectivity index (χ0v) is 11.0. The summed E-state index contributed by atoms with van der Waals surface area (Å²) >= 11 is 1.74. The maximum atomic E-state index is 6.01. The van der Waals surface area contributed by atoms with Crippen LogP contribution in [0.3, 0.4) is 0 Å². The summed E-state index contributed by atoms with van der Waals surface area (Å²) in [7, 11) is 0. The van der Waals surface area contributed by atoms with Crippen LogP contribution in [0.2, 0.25) is 0 Å². The number of benzene rings is 1. The van der Waals surface area contributed by atoms with Gasteiger partial charge in [0.1, 0.15) is 16.7 Å². The van der Waals surface area contributed by atoms with Crippen LogP contribution >= 0.6 is 11.3 Å². The van der Waals surface area contributed by atoms with Crippen molar-refractivity contribution in [2.45, 2.75) is 13.8 Å². The van der Waals surface area contributed by atoms with Crippen LogP contribution in [0.5, 0.6) is 0 Å². The van der Waals surface area contributed by atoms with Crippen LogP contribution in [0, 0.1) is 13.8 Å². The number of aromatic nitrogens is 3. The summed E-state index contributed by atoms with van der Waals surface area (Å²) in [6, 6.07) is 8.25. The highest BCUT2D eigenvalue weighted by molar-refractivity contribution is 7.18. The molecule has 0 amide bonds. The van der Waals surface area contributed by atoms with E-state index in [1.165, 1.54) is 4.70 Å². The Morgan fingerprint density at radius 1 is 1.22 bits per heavy atom. The minimum atomic E-state index is 0.513. The van der Waals surface area contributed by atoms with Crippen molar-refractivity contribution in [3.63, 3.8) is 0 Å². The first kappa shape index (κ1) is 11.1. The Labute approximate surface area is 109 Å². The van der Waals surface area contributed by atoms with E-state index in [1.807, 2.05) is 19.1 Å². The van der Waals surface area contributed by atoms with E-state index in [0.29, 0.717) is 11.6 Å². The third-order valence-electron chi connectivity index (χ3n) is 2.84. The molecule has 2 heterocycles. The van der Waals surface area contributed by atoms with Gasteiger partial charge < -0.3 is 5.73 Å². The maximum absolute atomic E-state index is 6.01. The first-order chi connectivity index (χ1) is 8.66. The van der Waals surface area contributed by atoms with E-state index in [1.54, 1.807) is 17.5 Å². The highest BCUT2D eigenvalue weighted by Crippen LogP contribution is 2.22. The Morgan fingerprint density at radius 2 is 2.00 bits per heavy atom. The number of nitrogen functional groups attached to an aromatic ring is 1. The van der Waals surface area contributed by atoms with Crippen LogP contribution in [0.15, 0.2) is 30.5 Å². The molecule has 4 nitrogen and oxygen atoms in total. The first-order valence-electron chi connectivity index (χ1n) is 5.66. The van der Waals surface area contributed by atoms with E-state index in [-0.39, 0.29) is 0 Å². The van der Waals surface area contributed by atoms with Crippen LogP contribution in [0.25, 0.3) is 15.9 Å². The average molecular weight is 257 g/mol. The standard InChI is InChI=1S/C13H13N4S/c1-8-15-7-11(13(14)16-8)17-9(2)18-12-6-4-3-5-10(12)17/h3-7H,1-2H3,(H2,14,15,16)/q+1. The summed E-state index contributed by atoms with van der Waals surface area (Å²) in [5.74, 6) is 1.20. The molecule has 1 aromatic carbocycles. The fraction of sp³-hybridized carbons (Fsp3) is 0.154. The van der Waals surface area contributed by atoms with E-state index >= 15 is 0 Å². The molecule has 0 fully saturated rings. The Kier molecular flexibility index (Phi) is 2.48. The van der Waals surface area contributed by atoms with Crippen molar-refractivity contribution in [1.82, 2.24) is 9.97 Å². The fourth-order valence-electron chi connectivity index (χ4n) is 2.06. The van der Waals surface area contributed by atoms with Gasteiger partial charge in [0, 0.05) is 13.0 Å². The molecule has 0 aliphatic carbocycles. The quantitative estimate of drug-likeness (QED) is 0.680. The van der Waals surface area contributed by atoms with Gasteiger partial charge in [0.15, 0.2) is 0 Å². The molecule has 0 spiro atoms. The van der Waals surface area contributed by atoms with Crippen molar-refractivity contribution < 1.29 is 4.57 Å². The van der Waals surface area contributed by atoms with Crippen molar-refractivity contribution in [1.29, 1.82) is 0 Å². The van der Waals surface area contributed by atoms with Gasteiger partial charge in [-0.25, -0.2) is 9.97 Å². The van der Waals surface area contributed by atoms with Gasteiger partial charge in [0.25, 0.3) is 5.69 Å². The van der Waals surface area contributed by atoms with Crippen molar-refractivity contribution >= 4 is 27.4 Å². The van der Waals surface area contributed by atoms with Crippen LogP contribution in [0.4, 0.5) is 5.82 Å². The van der Waals surface area contributed by atoms with Crippen molar-refractivity contribution in [2.75, 3.05) is 5.73 Å². The van der Waals surface area contributed by atoms with Crippen molar-refractivity contribution in [2.24, 2.45) is 0 Å². The topological polar surface area (TPSA) is 55.7 Å². The van der Waals surface area contributed by atoms with E-state index in [9.17, 15) is 0 Å². The molecule has 0 aliphatic heterocycles. The molecule has 5 heteroatoms. The second kappa shape index (κ2) is 4.03. The molecule has 2 aromatic heterocycles. The number of fused-ring (bicyclic) bond motifs is 1. The lowest BCUT2D eigenvalue weighted by Gasteiger charge is -1.99. The molecule has 0 atom stereocenters. The molecule has 0 bridgehead atoms. The predicted octanol–water partition coefficient (Wildman–Crippen LogP) is 2.17. The smallest absolute Gasteiger partial charge is 0.273 e. The van der Waals surface area contributed by atoms with Gasteiger partial charge in [-0.05, 0) is 13.0 Å². The Morgan fingerprint density at radius 3 is 2.78 bits per heavy atom. The highest BCUT2D eigenvalue weighted by atomic mass is 32.1. The van der Waals surface area contributed by atoms with Gasteiger partial charge in [-0.2, -0.15) is 0 Å². The number of anilines is 1. The van der Waals surface area contributed by atoms with Crippen LogP contribution in [-0.2, 0) is 0 Å². The maximum Gasteiger partial charge on any atom is 0.273 e. The second-order valence-electron chi connectivity index (χ2n) is 4.11. The fourth-order valence-corrected chi connectivity index (χ4v) is 3.07. The molecule has 0 saturated heterocycles. The SMILES string of the molecule is Cc1ncc(-[n+]2c(C)sc3ccccc32)c(N)n1. The van der Waals surface area contributed by atoms with Crippen LogP contribution in [0.1, 0.15) is 10.8 Å². The summed E-state index contributed by atoms with van der Waals surface area (Å²) in [6.07, 6.45) is 1.78. The lowest BCUT2D eigenvalue weighted by Crippen LogP contribution is -2.33. The third-order valence-corrected chi connectivity index (χ3v) is 3.88. The van der Waals surface area contributed by atoms with Gasteiger partial charge in [0.05, 0.1) is 0 Å². The zero-order valence-electron chi connectivity index (χ0n) is 10.2. The Bertz CT molecular complexity index is 733. The van der Waals surface area contributed by atoms with Gasteiger partial charge in [-0.1, -0.05) is 23.5 Å². The monoisotopic (exact) mass is 257 g/mol. The van der Waals surface area contributed by atoms with Gasteiger partial charge in [-0.3, -0.25) is 0 Å². The molecule has 0 radical (unpaired) electrons. The van der Waals surface area contributed by atoms with Crippen molar-refractivity contribution in [3.8, 4) is 5.69 Å². The number of para-hydroxylation sites is 1. The molecule has 3 rings (SSSR count). The molecule has 3 aromatic rings. The number of nitrogens with two attached hydrogens (primary N) is 1. The number of rotatable bonds is 1. The van der Waals surface area contributed by atoms with E-state index in [4.69, 9.17) is 5.73 Å². The Balaban J connectivity index is 2.34. The summed E-state index contributed by atoms with van der Waals surface area (Å²) < 4.78 is 3.34. The lowest BCUT2D eigenvalue weighted by atomic mass is 10.3. The highest BCUT2D eigenvalue weighted by Gasteiger charge is 2.22. The van der Waals surface area contributed by atoms with E-state index in [0.717, 1.165) is 16.2 Å². The largest absolute Gasteiger partial charge is 0.378 e. The van der Waals surface area contributed by atoms with Gasteiger partial charge in [-0.15, -0.1) is 4.57 Å². The molecule has 90 valence electrons. The molecule has 0 unspecified atom stereocenters. The number of thiazole rings is 1. The Hall–Kier alpha value is -2.01. The van der Waals surface area contributed by atoms with Crippen LogP contribution < -0.4 is 10.3 Å². The van der Waals surface area contributed by atoms with Crippen molar-refractivity contribution in [3.05, 3.63) is 41.3 Å². The number of hydrogen-bond acceptors (Lipinski definition) is 4. The average Bonchev–Trinajstić information content (AvgIpc) is 2.66. The minimum absolute atomic E-state index is 0.513. The number of aryl methyl sites for hydroxylation is 2. The number of nitrogens with zero attached hydrogens (tertiary/aromatic N) is 3. The zero-order chi connectivity index (χ0) is 12.7. The summed E-state index contributed by atoms with van der Waals surface area (Å²) in [5.41, 5.74) is 7.99. The molecular weight excluding hydrogens is 244 g/mol. The summed E-state index contributed by atoms with van der Waals surface area (Å²) in [4.78, 5) is 8.46. The molecule has 2 N–H and O–H groups in total. The normalized spacial score (nSPS) is 11.0. The second-order valence-corrected chi connectivity index (χ2v) is 5.35. The molecule has 0 saturated carbocycles. The predicted molar refractivity (Wildman–Crippen MR) is 72.8 cm³/mol. The van der Waals surface area contributed by atoms with Crippen LogP contribution in [-0.4, -0.2) is 9.97 Å². The summed E-state index contributed by atoms with van der Waals surface area (Å²) in [6.45, 7) is 3.91. The third kappa shape index (κ3) is 1.64. The van der Waals surface area contributed by atoms with E-state index < -0.39 is 0 Å². The molecule has 18 heavy (non-hydrogen) atoms. The summed E-state index contributed by atoms with van der Waals surface area (Å²) in [5, 5.41) is 1.16. The lowest BCUT2D eigenvalue weighted by molar-refractivity contribution is -0.568. The number of hydrogen-bond donors (Lipinski definition) is 1. The first-order valence-corrected chi connectivity index (χ1v) is 6.48. The van der Waals surface area contributed by atoms with Gasteiger partial charge in [0.2, 0.25) is 16.3 Å². The van der Waals surface area contributed by atoms with Gasteiger partial charge >= 0.3 is 0 Å².